The second kappa shape index (κ2) is 7.13. The SMILES string of the molecule is CCC[C@@H](O)[C@@H](N)c1ccc(C)c(Cl)c1.Cl. The van der Waals surface area contributed by atoms with E-state index in [0.29, 0.717) is 11.4 Å². The quantitative estimate of drug-likeness (QED) is 0.877. The Kier molecular flexibility index (Phi) is 7.00. The highest BCUT2D eigenvalue weighted by Crippen LogP contribution is 2.23. The molecule has 0 saturated carbocycles. The van der Waals surface area contributed by atoms with Crippen LogP contribution in [-0.2, 0) is 0 Å². The molecule has 1 rings (SSSR count). The number of benzene rings is 1. The highest BCUT2D eigenvalue weighted by molar-refractivity contribution is 6.31. The van der Waals surface area contributed by atoms with E-state index in [1.165, 1.54) is 0 Å². The monoisotopic (exact) mass is 263 g/mol. The maximum atomic E-state index is 9.76. The van der Waals surface area contributed by atoms with Gasteiger partial charge in [-0.1, -0.05) is 37.1 Å². The predicted octanol–water partition coefficient (Wildman–Crippen LogP) is 3.23. The summed E-state index contributed by atoms with van der Waals surface area (Å²) in [6.45, 7) is 3.97. The average molecular weight is 264 g/mol. The molecule has 92 valence electrons. The molecule has 2 nitrogen and oxygen atoms in total. The van der Waals surface area contributed by atoms with Gasteiger partial charge in [-0.3, -0.25) is 0 Å². The highest BCUT2D eigenvalue weighted by atomic mass is 35.5. The molecule has 0 amide bonds. The van der Waals surface area contributed by atoms with E-state index in [1.807, 2.05) is 32.0 Å². The minimum atomic E-state index is -0.492. The van der Waals surface area contributed by atoms with E-state index in [9.17, 15) is 5.11 Å². The molecule has 0 spiro atoms. The first-order valence-electron chi connectivity index (χ1n) is 5.26. The van der Waals surface area contributed by atoms with Crippen molar-refractivity contribution in [3.05, 3.63) is 34.3 Å². The van der Waals surface area contributed by atoms with Gasteiger partial charge in [-0.05, 0) is 30.5 Å². The van der Waals surface area contributed by atoms with Crippen molar-refractivity contribution in [3.8, 4) is 0 Å². The van der Waals surface area contributed by atoms with E-state index in [-0.39, 0.29) is 18.4 Å². The van der Waals surface area contributed by atoms with E-state index in [1.54, 1.807) is 0 Å². The molecule has 16 heavy (non-hydrogen) atoms. The molecule has 0 aromatic heterocycles. The van der Waals surface area contributed by atoms with Gasteiger partial charge >= 0.3 is 0 Å². The predicted molar refractivity (Wildman–Crippen MR) is 71.3 cm³/mol. The van der Waals surface area contributed by atoms with Crippen LogP contribution < -0.4 is 5.73 Å². The van der Waals surface area contributed by atoms with Gasteiger partial charge in [-0.25, -0.2) is 0 Å². The first-order chi connectivity index (χ1) is 7.06. The molecule has 0 aliphatic carbocycles. The van der Waals surface area contributed by atoms with Crippen molar-refractivity contribution in [3.63, 3.8) is 0 Å². The summed E-state index contributed by atoms with van der Waals surface area (Å²) in [6, 6.07) is 5.34. The summed E-state index contributed by atoms with van der Waals surface area (Å²) in [5.41, 5.74) is 7.86. The minimum absolute atomic E-state index is 0. The standard InChI is InChI=1S/C12H18ClNO.ClH/c1-3-4-11(15)12(14)9-6-5-8(2)10(13)7-9;/h5-7,11-12,15H,3-4,14H2,1-2H3;1H/t11-,12+;/m1./s1. The molecule has 1 aromatic rings. The summed E-state index contributed by atoms with van der Waals surface area (Å²) in [5, 5.41) is 10.5. The Labute approximate surface area is 108 Å². The number of aryl methyl sites for hydroxylation is 1. The van der Waals surface area contributed by atoms with Crippen LogP contribution >= 0.6 is 24.0 Å². The summed E-state index contributed by atoms with van der Waals surface area (Å²) < 4.78 is 0. The molecule has 3 N–H and O–H groups in total. The van der Waals surface area contributed by atoms with Crippen LogP contribution in [0.15, 0.2) is 18.2 Å². The van der Waals surface area contributed by atoms with Gasteiger partial charge in [-0.2, -0.15) is 0 Å². The molecule has 2 atom stereocenters. The Hall–Kier alpha value is -0.280. The van der Waals surface area contributed by atoms with Crippen molar-refractivity contribution >= 4 is 24.0 Å². The molecule has 0 fully saturated rings. The van der Waals surface area contributed by atoms with Crippen LogP contribution in [0.3, 0.4) is 0 Å². The highest BCUT2D eigenvalue weighted by Gasteiger charge is 2.16. The Morgan fingerprint density at radius 3 is 2.56 bits per heavy atom. The van der Waals surface area contributed by atoms with Crippen LogP contribution in [0.1, 0.15) is 36.9 Å². The van der Waals surface area contributed by atoms with E-state index in [0.717, 1.165) is 17.5 Å². The fourth-order valence-electron chi connectivity index (χ4n) is 1.51. The Morgan fingerprint density at radius 1 is 1.44 bits per heavy atom. The lowest BCUT2D eigenvalue weighted by Crippen LogP contribution is -2.25. The molecular formula is C12H19Cl2NO. The molecular weight excluding hydrogens is 245 g/mol. The Balaban J connectivity index is 0.00000225. The number of hydrogen-bond acceptors (Lipinski definition) is 2. The lowest BCUT2D eigenvalue weighted by molar-refractivity contribution is 0.134. The first kappa shape index (κ1) is 15.7. The van der Waals surface area contributed by atoms with E-state index in [2.05, 4.69) is 0 Å². The van der Waals surface area contributed by atoms with Gasteiger partial charge in [0, 0.05) is 5.02 Å². The molecule has 0 bridgehead atoms. The second-order valence-corrected chi connectivity index (χ2v) is 4.30. The van der Waals surface area contributed by atoms with Crippen LogP contribution in [0.25, 0.3) is 0 Å². The summed E-state index contributed by atoms with van der Waals surface area (Å²) >= 11 is 6.00. The number of aliphatic hydroxyl groups excluding tert-OH is 1. The fourth-order valence-corrected chi connectivity index (χ4v) is 1.70. The topological polar surface area (TPSA) is 46.2 Å². The number of rotatable bonds is 4. The van der Waals surface area contributed by atoms with Gasteiger partial charge < -0.3 is 10.8 Å². The average Bonchev–Trinajstić information content (AvgIpc) is 2.21. The Morgan fingerprint density at radius 2 is 2.06 bits per heavy atom. The molecule has 0 heterocycles. The Bertz CT molecular complexity index is 331. The zero-order valence-electron chi connectivity index (χ0n) is 9.61. The van der Waals surface area contributed by atoms with Crippen molar-refractivity contribution in [1.82, 2.24) is 0 Å². The largest absolute Gasteiger partial charge is 0.391 e. The van der Waals surface area contributed by atoms with Gasteiger partial charge in [0.2, 0.25) is 0 Å². The summed E-state index contributed by atoms with van der Waals surface area (Å²) in [4.78, 5) is 0. The van der Waals surface area contributed by atoms with Gasteiger partial charge in [0.05, 0.1) is 12.1 Å². The van der Waals surface area contributed by atoms with E-state index < -0.39 is 6.10 Å². The summed E-state index contributed by atoms with van der Waals surface area (Å²) in [5.74, 6) is 0. The van der Waals surface area contributed by atoms with Crippen LogP contribution in [0, 0.1) is 6.92 Å². The molecule has 0 aliphatic rings. The van der Waals surface area contributed by atoms with Crippen LogP contribution in [0.5, 0.6) is 0 Å². The number of aliphatic hydroxyl groups is 1. The third kappa shape index (κ3) is 3.95. The zero-order chi connectivity index (χ0) is 11.4. The lowest BCUT2D eigenvalue weighted by Gasteiger charge is -2.19. The van der Waals surface area contributed by atoms with Crippen molar-refractivity contribution in [1.29, 1.82) is 0 Å². The fraction of sp³-hybridized carbons (Fsp3) is 0.500. The molecule has 1 aromatic carbocycles. The number of halogens is 2. The third-order valence-electron chi connectivity index (χ3n) is 2.58. The van der Waals surface area contributed by atoms with Gasteiger partial charge in [-0.15, -0.1) is 12.4 Å². The van der Waals surface area contributed by atoms with E-state index in [4.69, 9.17) is 17.3 Å². The summed E-state index contributed by atoms with van der Waals surface area (Å²) in [7, 11) is 0. The van der Waals surface area contributed by atoms with Crippen molar-refractivity contribution in [2.45, 2.75) is 38.8 Å². The molecule has 0 radical (unpaired) electrons. The maximum absolute atomic E-state index is 9.76. The maximum Gasteiger partial charge on any atom is 0.0732 e. The third-order valence-corrected chi connectivity index (χ3v) is 2.99. The molecule has 4 heteroatoms. The van der Waals surface area contributed by atoms with Crippen LogP contribution in [0.2, 0.25) is 5.02 Å². The first-order valence-corrected chi connectivity index (χ1v) is 5.63. The van der Waals surface area contributed by atoms with Gasteiger partial charge in [0.25, 0.3) is 0 Å². The number of nitrogens with two attached hydrogens (primary N) is 1. The van der Waals surface area contributed by atoms with Crippen LogP contribution in [0.4, 0.5) is 0 Å². The van der Waals surface area contributed by atoms with Crippen molar-refractivity contribution in [2.75, 3.05) is 0 Å². The lowest BCUT2D eigenvalue weighted by atomic mass is 9.98. The van der Waals surface area contributed by atoms with Gasteiger partial charge in [0.1, 0.15) is 0 Å². The smallest absolute Gasteiger partial charge is 0.0732 e. The second-order valence-electron chi connectivity index (χ2n) is 3.89. The zero-order valence-corrected chi connectivity index (χ0v) is 11.2. The minimum Gasteiger partial charge on any atom is -0.391 e. The molecule has 0 saturated heterocycles. The van der Waals surface area contributed by atoms with E-state index >= 15 is 0 Å². The summed E-state index contributed by atoms with van der Waals surface area (Å²) in [6.07, 6.45) is 1.15. The van der Waals surface area contributed by atoms with Crippen molar-refractivity contribution in [2.24, 2.45) is 5.73 Å². The van der Waals surface area contributed by atoms with Crippen molar-refractivity contribution < 1.29 is 5.11 Å². The molecule has 0 aliphatic heterocycles. The van der Waals surface area contributed by atoms with Crippen LogP contribution in [-0.4, -0.2) is 11.2 Å². The molecule has 0 unspecified atom stereocenters. The number of hydrogen-bond donors (Lipinski definition) is 2. The normalized spacial score (nSPS) is 14.1. The van der Waals surface area contributed by atoms with Gasteiger partial charge in [0.15, 0.2) is 0 Å².